The van der Waals surface area contributed by atoms with Crippen LogP contribution in [-0.2, 0) is 6.54 Å². The molecule has 0 amide bonds. The van der Waals surface area contributed by atoms with Crippen molar-refractivity contribution in [2.45, 2.75) is 20.4 Å². The maximum atomic E-state index is 5.41. The summed E-state index contributed by atoms with van der Waals surface area (Å²) in [5.74, 6) is 1.36. The number of nitrogens with zero attached hydrogens (tertiary/aromatic N) is 4. The van der Waals surface area contributed by atoms with Crippen LogP contribution in [-0.4, -0.2) is 52.7 Å². The molecular weight excluding hydrogens is 288 g/mol. The van der Waals surface area contributed by atoms with E-state index in [4.69, 9.17) is 4.52 Å². The van der Waals surface area contributed by atoms with Gasteiger partial charge >= 0.3 is 0 Å². The van der Waals surface area contributed by atoms with Crippen LogP contribution in [0.1, 0.15) is 18.4 Å². The Kier molecular flexibility index (Phi) is 4.88. The van der Waals surface area contributed by atoms with Crippen molar-refractivity contribution < 1.29 is 4.52 Å². The molecule has 122 valence electrons. The van der Waals surface area contributed by atoms with Gasteiger partial charge in [0.05, 0.1) is 6.54 Å². The Bertz CT molecular complexity index is 654. The van der Waals surface area contributed by atoms with Crippen molar-refractivity contribution in [3.8, 4) is 11.4 Å². The van der Waals surface area contributed by atoms with E-state index in [0.717, 1.165) is 44.8 Å². The van der Waals surface area contributed by atoms with Crippen LogP contribution in [0, 0.1) is 6.92 Å². The van der Waals surface area contributed by atoms with Crippen LogP contribution in [0.5, 0.6) is 0 Å². The molecule has 0 aliphatic carbocycles. The first-order chi connectivity index (χ1) is 11.1. The first kappa shape index (κ1) is 15.9. The van der Waals surface area contributed by atoms with E-state index in [1.54, 1.807) is 0 Å². The van der Waals surface area contributed by atoms with Crippen LogP contribution in [0.15, 0.2) is 40.9 Å². The average Bonchev–Trinajstić information content (AvgIpc) is 2.98. The summed E-state index contributed by atoms with van der Waals surface area (Å²) in [5, 5.41) is 4.10. The fourth-order valence-corrected chi connectivity index (χ4v) is 2.82. The molecule has 0 N–H and O–H groups in total. The summed E-state index contributed by atoms with van der Waals surface area (Å²) in [4.78, 5) is 9.32. The van der Waals surface area contributed by atoms with Gasteiger partial charge in [-0.2, -0.15) is 4.98 Å². The van der Waals surface area contributed by atoms with Crippen LogP contribution in [0.2, 0.25) is 0 Å². The van der Waals surface area contributed by atoms with Crippen molar-refractivity contribution in [3.63, 3.8) is 0 Å². The summed E-state index contributed by atoms with van der Waals surface area (Å²) < 4.78 is 5.41. The van der Waals surface area contributed by atoms with Crippen LogP contribution < -0.4 is 0 Å². The van der Waals surface area contributed by atoms with Gasteiger partial charge in [0, 0.05) is 38.3 Å². The zero-order valence-electron chi connectivity index (χ0n) is 14.0. The van der Waals surface area contributed by atoms with E-state index in [0.29, 0.717) is 11.7 Å². The highest BCUT2D eigenvalue weighted by Gasteiger charge is 2.19. The Morgan fingerprint density at radius 1 is 1.13 bits per heavy atom. The van der Waals surface area contributed by atoms with E-state index < -0.39 is 0 Å². The van der Waals surface area contributed by atoms with Gasteiger partial charge < -0.3 is 4.52 Å². The predicted molar refractivity (Wildman–Crippen MR) is 91.0 cm³/mol. The van der Waals surface area contributed by atoms with E-state index in [-0.39, 0.29) is 0 Å². The Morgan fingerprint density at radius 2 is 1.78 bits per heavy atom. The minimum atomic E-state index is 0.668. The molecule has 1 aliphatic heterocycles. The standard InChI is InChI=1S/C18H24N4O/c1-14(2)12-21-8-10-22(11-9-21)13-17-19-18(20-23-17)16-6-4-15(3)5-7-16/h4-7H,1,8-13H2,2-3H3. The van der Waals surface area contributed by atoms with Gasteiger partial charge in [-0.15, -0.1) is 0 Å². The van der Waals surface area contributed by atoms with Gasteiger partial charge in [-0.05, 0) is 13.8 Å². The summed E-state index contributed by atoms with van der Waals surface area (Å²) in [5.41, 5.74) is 3.44. The fourth-order valence-electron chi connectivity index (χ4n) is 2.82. The largest absolute Gasteiger partial charge is 0.338 e. The Labute approximate surface area is 137 Å². The lowest BCUT2D eigenvalue weighted by molar-refractivity contribution is 0.123. The summed E-state index contributed by atoms with van der Waals surface area (Å²) in [6, 6.07) is 8.18. The fraction of sp³-hybridized carbons (Fsp3) is 0.444. The smallest absolute Gasteiger partial charge is 0.241 e. The Balaban J connectivity index is 1.56. The van der Waals surface area contributed by atoms with Crippen molar-refractivity contribution in [1.82, 2.24) is 19.9 Å². The molecule has 1 saturated heterocycles. The summed E-state index contributed by atoms with van der Waals surface area (Å²) in [7, 11) is 0. The number of hydrogen-bond donors (Lipinski definition) is 0. The third kappa shape index (κ3) is 4.27. The lowest BCUT2D eigenvalue weighted by atomic mass is 10.1. The second-order valence-electron chi connectivity index (χ2n) is 6.39. The Morgan fingerprint density at radius 3 is 2.43 bits per heavy atom. The van der Waals surface area contributed by atoms with E-state index in [9.17, 15) is 0 Å². The van der Waals surface area contributed by atoms with Gasteiger partial charge in [0.15, 0.2) is 0 Å². The number of benzene rings is 1. The van der Waals surface area contributed by atoms with Gasteiger partial charge in [-0.25, -0.2) is 0 Å². The molecule has 2 aromatic rings. The zero-order chi connectivity index (χ0) is 16.2. The van der Waals surface area contributed by atoms with E-state index in [2.05, 4.69) is 52.5 Å². The summed E-state index contributed by atoms with van der Waals surface area (Å²) >= 11 is 0. The SMILES string of the molecule is C=C(C)CN1CCN(Cc2nc(-c3ccc(C)cc3)no2)CC1. The molecule has 5 heteroatoms. The molecule has 3 rings (SSSR count). The minimum absolute atomic E-state index is 0.668. The lowest BCUT2D eigenvalue weighted by Gasteiger charge is -2.33. The predicted octanol–water partition coefficient (Wildman–Crippen LogP) is 2.74. The van der Waals surface area contributed by atoms with Crippen molar-refractivity contribution in [3.05, 3.63) is 47.9 Å². The topological polar surface area (TPSA) is 45.4 Å². The van der Waals surface area contributed by atoms with Crippen molar-refractivity contribution in [1.29, 1.82) is 0 Å². The number of rotatable bonds is 5. The molecule has 0 bridgehead atoms. The molecule has 2 heterocycles. The summed E-state index contributed by atoms with van der Waals surface area (Å²) in [6.45, 7) is 14.0. The van der Waals surface area contributed by atoms with Crippen molar-refractivity contribution in [2.75, 3.05) is 32.7 Å². The van der Waals surface area contributed by atoms with Gasteiger partial charge in [-0.3, -0.25) is 9.80 Å². The van der Waals surface area contributed by atoms with Gasteiger partial charge in [0.25, 0.3) is 0 Å². The third-order valence-corrected chi connectivity index (χ3v) is 4.10. The first-order valence-electron chi connectivity index (χ1n) is 8.09. The monoisotopic (exact) mass is 312 g/mol. The van der Waals surface area contributed by atoms with Gasteiger partial charge in [0.1, 0.15) is 0 Å². The normalized spacial score (nSPS) is 16.6. The maximum Gasteiger partial charge on any atom is 0.241 e. The third-order valence-electron chi connectivity index (χ3n) is 4.10. The lowest BCUT2D eigenvalue weighted by Crippen LogP contribution is -2.46. The minimum Gasteiger partial charge on any atom is -0.338 e. The van der Waals surface area contributed by atoms with Gasteiger partial charge in [0.2, 0.25) is 11.7 Å². The van der Waals surface area contributed by atoms with Crippen LogP contribution in [0.3, 0.4) is 0 Å². The van der Waals surface area contributed by atoms with Crippen LogP contribution in [0.25, 0.3) is 11.4 Å². The van der Waals surface area contributed by atoms with E-state index in [1.807, 2.05) is 12.1 Å². The van der Waals surface area contributed by atoms with E-state index in [1.165, 1.54) is 11.1 Å². The first-order valence-corrected chi connectivity index (χ1v) is 8.09. The number of aryl methyl sites for hydroxylation is 1. The zero-order valence-corrected chi connectivity index (χ0v) is 14.0. The second-order valence-corrected chi connectivity index (χ2v) is 6.39. The van der Waals surface area contributed by atoms with Crippen LogP contribution >= 0.6 is 0 Å². The highest BCUT2D eigenvalue weighted by atomic mass is 16.5. The molecule has 1 aromatic heterocycles. The quantitative estimate of drug-likeness (QED) is 0.794. The molecule has 0 unspecified atom stereocenters. The molecule has 0 spiro atoms. The molecule has 1 aromatic carbocycles. The molecule has 1 aliphatic rings. The Hall–Kier alpha value is -1.98. The van der Waals surface area contributed by atoms with E-state index >= 15 is 0 Å². The highest BCUT2D eigenvalue weighted by molar-refractivity contribution is 5.54. The number of piperazine rings is 1. The van der Waals surface area contributed by atoms with Crippen molar-refractivity contribution >= 4 is 0 Å². The highest BCUT2D eigenvalue weighted by Crippen LogP contribution is 2.17. The number of aromatic nitrogens is 2. The number of hydrogen-bond acceptors (Lipinski definition) is 5. The summed E-state index contributed by atoms with van der Waals surface area (Å²) in [6.07, 6.45) is 0. The molecule has 23 heavy (non-hydrogen) atoms. The maximum absolute atomic E-state index is 5.41. The molecule has 0 atom stereocenters. The molecule has 0 saturated carbocycles. The van der Waals surface area contributed by atoms with Gasteiger partial charge in [-0.1, -0.05) is 47.1 Å². The molecule has 0 radical (unpaired) electrons. The van der Waals surface area contributed by atoms with Crippen LogP contribution in [0.4, 0.5) is 0 Å². The molecule has 1 fully saturated rings. The average molecular weight is 312 g/mol. The van der Waals surface area contributed by atoms with Crippen molar-refractivity contribution in [2.24, 2.45) is 0 Å². The second kappa shape index (κ2) is 7.06. The molecule has 5 nitrogen and oxygen atoms in total. The molecular formula is C18H24N4O.